The second-order valence-electron chi connectivity index (χ2n) is 5.73. The summed E-state index contributed by atoms with van der Waals surface area (Å²) >= 11 is 0. The quantitative estimate of drug-likeness (QED) is 0.913. The largest absolute Gasteiger partial charge is 0.481 e. The molecule has 1 aliphatic carbocycles. The zero-order valence-electron chi connectivity index (χ0n) is 10.5. The van der Waals surface area contributed by atoms with Crippen LogP contribution in [0.3, 0.4) is 0 Å². The van der Waals surface area contributed by atoms with Crippen LogP contribution in [0, 0.1) is 5.41 Å². The molecule has 1 N–H and O–H groups in total. The molecule has 2 aliphatic rings. The fraction of sp³-hybridized carbons (Fsp3) is 0.500. The maximum Gasteiger partial charge on any atom is 0.310 e. The molecule has 1 aliphatic heterocycles. The number of rotatable bonds is 3. The Morgan fingerprint density at radius 1 is 1.37 bits per heavy atom. The van der Waals surface area contributed by atoms with Gasteiger partial charge < -0.3 is 5.11 Å². The average molecular weight is 280 g/mol. The molecule has 1 aromatic carbocycles. The van der Waals surface area contributed by atoms with E-state index in [2.05, 4.69) is 0 Å². The van der Waals surface area contributed by atoms with E-state index >= 15 is 0 Å². The Kier molecular flexibility index (Phi) is 2.71. The molecule has 19 heavy (non-hydrogen) atoms. The molecule has 0 spiro atoms. The van der Waals surface area contributed by atoms with Gasteiger partial charge in [0.05, 0.1) is 16.9 Å². The number of carboxylic acid groups (broad SMARTS) is 1. The Labute approximate surface area is 112 Å². The average Bonchev–Trinajstić information content (AvgIpc) is 2.63. The van der Waals surface area contributed by atoms with Crippen LogP contribution in [0.25, 0.3) is 0 Å². The first kappa shape index (κ1) is 12.7. The van der Waals surface area contributed by atoms with E-state index < -0.39 is 21.2 Å². The van der Waals surface area contributed by atoms with Crippen LogP contribution >= 0.6 is 0 Å². The second kappa shape index (κ2) is 4.07. The molecule has 2 atom stereocenters. The molecular weight excluding hydrogens is 264 g/mol. The first-order valence-electron chi connectivity index (χ1n) is 6.44. The van der Waals surface area contributed by atoms with E-state index in [0.29, 0.717) is 6.42 Å². The maximum absolute atomic E-state index is 11.6. The van der Waals surface area contributed by atoms with E-state index in [1.165, 1.54) is 11.1 Å². The molecule has 4 nitrogen and oxygen atoms in total. The molecule has 0 radical (unpaired) electrons. The minimum atomic E-state index is -3.19. The Bertz CT molecular complexity index is 635. The molecule has 3 rings (SSSR count). The van der Waals surface area contributed by atoms with Crippen LogP contribution in [0.2, 0.25) is 0 Å². The van der Waals surface area contributed by atoms with Gasteiger partial charge in [-0.1, -0.05) is 24.3 Å². The standard InChI is InChI=1S/C14H16O4S/c15-13(16)14(5-6-19(17,18)9-14)8-11-7-10-3-1-2-4-12(10)11/h1-4,11H,5-9H2,(H,15,16). The van der Waals surface area contributed by atoms with E-state index in [9.17, 15) is 18.3 Å². The van der Waals surface area contributed by atoms with E-state index in [1.54, 1.807) is 0 Å². The Balaban J connectivity index is 1.84. The number of carboxylic acids is 1. The fourth-order valence-electron chi connectivity index (χ4n) is 3.35. The number of sulfone groups is 1. The van der Waals surface area contributed by atoms with E-state index in [-0.39, 0.29) is 23.8 Å². The third-order valence-electron chi connectivity index (χ3n) is 4.44. The highest BCUT2D eigenvalue weighted by molar-refractivity contribution is 7.91. The predicted octanol–water partition coefficient (Wildman–Crippen LogP) is 1.61. The zero-order chi connectivity index (χ0) is 13.7. The summed E-state index contributed by atoms with van der Waals surface area (Å²) < 4.78 is 23.2. The van der Waals surface area contributed by atoms with Crippen molar-refractivity contribution in [3.05, 3.63) is 35.4 Å². The highest BCUT2D eigenvalue weighted by Gasteiger charge is 2.50. The van der Waals surface area contributed by atoms with E-state index in [4.69, 9.17) is 0 Å². The van der Waals surface area contributed by atoms with Crippen molar-refractivity contribution in [1.29, 1.82) is 0 Å². The number of carbonyl (C=O) groups is 1. The van der Waals surface area contributed by atoms with Gasteiger partial charge in [0.15, 0.2) is 9.84 Å². The van der Waals surface area contributed by atoms with Crippen molar-refractivity contribution < 1.29 is 18.3 Å². The molecule has 5 heteroatoms. The van der Waals surface area contributed by atoms with Gasteiger partial charge >= 0.3 is 5.97 Å². The summed E-state index contributed by atoms with van der Waals surface area (Å²) in [6.45, 7) is 0. The predicted molar refractivity (Wildman–Crippen MR) is 70.8 cm³/mol. The van der Waals surface area contributed by atoms with Gasteiger partial charge in [-0.15, -0.1) is 0 Å². The number of fused-ring (bicyclic) bond motifs is 1. The van der Waals surface area contributed by atoms with Crippen molar-refractivity contribution in [1.82, 2.24) is 0 Å². The zero-order valence-corrected chi connectivity index (χ0v) is 11.3. The van der Waals surface area contributed by atoms with Crippen LogP contribution in [-0.4, -0.2) is 31.0 Å². The minimum Gasteiger partial charge on any atom is -0.481 e. The maximum atomic E-state index is 11.6. The molecule has 0 amide bonds. The first-order chi connectivity index (χ1) is 8.92. The van der Waals surface area contributed by atoms with Gasteiger partial charge in [-0.25, -0.2) is 8.42 Å². The Morgan fingerprint density at radius 3 is 2.68 bits per heavy atom. The second-order valence-corrected chi connectivity index (χ2v) is 7.92. The van der Waals surface area contributed by atoms with Crippen LogP contribution in [0.5, 0.6) is 0 Å². The molecule has 1 saturated heterocycles. The molecular formula is C14H16O4S. The summed E-state index contributed by atoms with van der Waals surface area (Å²) in [5.74, 6) is -0.958. The van der Waals surface area contributed by atoms with Crippen molar-refractivity contribution >= 4 is 15.8 Å². The topological polar surface area (TPSA) is 71.4 Å². The number of hydrogen-bond acceptors (Lipinski definition) is 3. The van der Waals surface area contributed by atoms with Gasteiger partial charge in [0.25, 0.3) is 0 Å². The minimum absolute atomic E-state index is 0.00761. The van der Waals surface area contributed by atoms with Crippen molar-refractivity contribution in [2.45, 2.75) is 25.2 Å². The van der Waals surface area contributed by atoms with Crippen LogP contribution < -0.4 is 0 Å². The van der Waals surface area contributed by atoms with Gasteiger partial charge in [0.1, 0.15) is 0 Å². The van der Waals surface area contributed by atoms with Crippen LogP contribution in [-0.2, 0) is 21.1 Å². The molecule has 0 saturated carbocycles. The van der Waals surface area contributed by atoms with E-state index in [0.717, 1.165) is 6.42 Å². The fourth-order valence-corrected chi connectivity index (χ4v) is 5.42. The van der Waals surface area contributed by atoms with Gasteiger partial charge in [-0.05, 0) is 36.3 Å². The normalized spacial score (nSPS) is 31.5. The van der Waals surface area contributed by atoms with Crippen molar-refractivity contribution in [3.8, 4) is 0 Å². The van der Waals surface area contributed by atoms with Crippen LogP contribution in [0.4, 0.5) is 0 Å². The lowest BCUT2D eigenvalue weighted by Crippen LogP contribution is -2.36. The Morgan fingerprint density at radius 2 is 2.11 bits per heavy atom. The molecule has 1 fully saturated rings. The lowest BCUT2D eigenvalue weighted by molar-refractivity contribution is -0.148. The first-order valence-corrected chi connectivity index (χ1v) is 8.26. The smallest absolute Gasteiger partial charge is 0.310 e. The number of aliphatic carboxylic acids is 1. The molecule has 102 valence electrons. The number of hydrogen-bond donors (Lipinski definition) is 1. The summed E-state index contributed by atoms with van der Waals surface area (Å²) in [6.07, 6.45) is 1.56. The van der Waals surface area contributed by atoms with E-state index in [1.807, 2.05) is 24.3 Å². The molecule has 0 bridgehead atoms. The third-order valence-corrected chi connectivity index (χ3v) is 6.26. The van der Waals surface area contributed by atoms with Gasteiger partial charge in [-0.3, -0.25) is 4.79 Å². The monoisotopic (exact) mass is 280 g/mol. The highest BCUT2D eigenvalue weighted by Crippen LogP contribution is 2.47. The highest BCUT2D eigenvalue weighted by atomic mass is 32.2. The van der Waals surface area contributed by atoms with Gasteiger partial charge in [0, 0.05) is 0 Å². The van der Waals surface area contributed by atoms with Crippen molar-refractivity contribution in [2.75, 3.05) is 11.5 Å². The molecule has 1 aromatic rings. The molecule has 1 heterocycles. The summed E-state index contributed by atoms with van der Waals surface area (Å²) in [5, 5.41) is 9.45. The van der Waals surface area contributed by atoms with Gasteiger partial charge in [-0.2, -0.15) is 0 Å². The van der Waals surface area contributed by atoms with Crippen molar-refractivity contribution in [3.63, 3.8) is 0 Å². The Hall–Kier alpha value is -1.36. The SMILES string of the molecule is O=C(O)C1(CC2Cc3ccccc32)CCS(=O)(=O)C1. The summed E-state index contributed by atoms with van der Waals surface area (Å²) in [7, 11) is -3.19. The summed E-state index contributed by atoms with van der Waals surface area (Å²) in [6, 6.07) is 7.99. The van der Waals surface area contributed by atoms with Crippen LogP contribution in [0.15, 0.2) is 24.3 Å². The molecule has 2 unspecified atom stereocenters. The lowest BCUT2D eigenvalue weighted by atomic mass is 9.68. The third kappa shape index (κ3) is 2.06. The lowest BCUT2D eigenvalue weighted by Gasteiger charge is -2.35. The van der Waals surface area contributed by atoms with Crippen LogP contribution in [0.1, 0.15) is 29.9 Å². The van der Waals surface area contributed by atoms with Gasteiger partial charge in [0.2, 0.25) is 0 Å². The number of benzene rings is 1. The summed E-state index contributed by atoms with van der Waals surface area (Å²) in [4.78, 5) is 11.5. The van der Waals surface area contributed by atoms with Crippen molar-refractivity contribution in [2.24, 2.45) is 5.41 Å². The molecule has 0 aromatic heterocycles. The summed E-state index contributed by atoms with van der Waals surface area (Å²) in [5.41, 5.74) is 1.37.